The van der Waals surface area contributed by atoms with Gasteiger partial charge in [-0.05, 0) is 18.1 Å². The molecule has 0 saturated carbocycles. The van der Waals surface area contributed by atoms with Gasteiger partial charge in [0.25, 0.3) is 0 Å². The third kappa shape index (κ3) is 6.94. The van der Waals surface area contributed by atoms with Crippen LogP contribution in [0.3, 0.4) is 0 Å². The average Bonchev–Trinajstić information content (AvgIpc) is 2.76. The first-order chi connectivity index (χ1) is 14.7. The first-order valence-corrected chi connectivity index (χ1v) is 10.7. The lowest BCUT2D eigenvalue weighted by molar-refractivity contribution is -0.180. The van der Waals surface area contributed by atoms with Crippen molar-refractivity contribution in [1.82, 2.24) is 0 Å². The van der Waals surface area contributed by atoms with Gasteiger partial charge in [-0.1, -0.05) is 67.6 Å². The lowest BCUT2D eigenvalue weighted by Gasteiger charge is -2.40. The zero-order chi connectivity index (χ0) is 21.2. The van der Waals surface area contributed by atoms with E-state index >= 15 is 0 Å². The zero-order valence-corrected chi connectivity index (χ0v) is 17.9. The van der Waals surface area contributed by atoms with Crippen LogP contribution in [0, 0.1) is 5.92 Å². The van der Waals surface area contributed by atoms with Crippen LogP contribution in [0.15, 0.2) is 60.7 Å². The van der Waals surface area contributed by atoms with Gasteiger partial charge in [0, 0.05) is 12.3 Å². The van der Waals surface area contributed by atoms with E-state index in [0.717, 1.165) is 11.1 Å². The van der Waals surface area contributed by atoms with E-state index in [1.165, 1.54) is 0 Å². The fraction of sp³-hybridized carbons (Fsp3) is 0.480. The second kappa shape index (κ2) is 11.8. The number of hydrogen-bond donors (Lipinski definition) is 0. The van der Waals surface area contributed by atoms with Crippen LogP contribution in [0.2, 0.25) is 0 Å². The minimum absolute atomic E-state index is 0.0105. The molecule has 4 atom stereocenters. The van der Waals surface area contributed by atoms with Gasteiger partial charge in [0.05, 0.1) is 51.2 Å². The average molecular weight is 413 g/mol. The van der Waals surface area contributed by atoms with Crippen molar-refractivity contribution in [3.05, 3.63) is 71.8 Å². The summed E-state index contributed by atoms with van der Waals surface area (Å²) in [7, 11) is 0. The molecule has 0 radical (unpaired) electrons. The Morgan fingerprint density at radius 1 is 1.00 bits per heavy atom. The predicted octanol–water partition coefficient (Wildman–Crippen LogP) is 4.54. The van der Waals surface area contributed by atoms with Gasteiger partial charge >= 0.3 is 5.97 Å². The van der Waals surface area contributed by atoms with Crippen molar-refractivity contribution < 1.29 is 23.7 Å². The Bertz CT molecular complexity index is 749. The Morgan fingerprint density at radius 3 is 2.27 bits per heavy atom. The standard InChI is InChI=1S/C25H32O5/c1-3-28-25(26)15-22-14-23(29-17-21-12-8-5-9-13-21)19(2)24(30-22)18-27-16-20-10-6-4-7-11-20/h4-13,19,22-24H,3,14-18H2,1-2H3/t19-,22-,23+,24-/m1/s1. The fourth-order valence-corrected chi connectivity index (χ4v) is 3.73. The van der Waals surface area contributed by atoms with E-state index in [0.29, 0.717) is 32.8 Å². The van der Waals surface area contributed by atoms with Crippen LogP contribution in [0.5, 0.6) is 0 Å². The van der Waals surface area contributed by atoms with Crippen LogP contribution < -0.4 is 0 Å². The van der Waals surface area contributed by atoms with Crippen molar-refractivity contribution in [1.29, 1.82) is 0 Å². The maximum atomic E-state index is 12.0. The summed E-state index contributed by atoms with van der Waals surface area (Å²) in [5.41, 5.74) is 2.26. The minimum atomic E-state index is -0.234. The third-order valence-corrected chi connectivity index (χ3v) is 5.44. The molecule has 1 aliphatic rings. The molecule has 5 heteroatoms. The molecule has 2 aromatic rings. The highest BCUT2D eigenvalue weighted by atomic mass is 16.6. The molecule has 0 unspecified atom stereocenters. The van der Waals surface area contributed by atoms with Gasteiger partial charge in [-0.2, -0.15) is 0 Å². The number of carbonyl (C=O) groups excluding carboxylic acids is 1. The Kier molecular flexibility index (Phi) is 8.87. The molecule has 0 aliphatic carbocycles. The van der Waals surface area contributed by atoms with Gasteiger partial charge in [0.1, 0.15) is 0 Å². The van der Waals surface area contributed by atoms with Gasteiger partial charge in [-0.3, -0.25) is 4.79 Å². The fourth-order valence-electron chi connectivity index (χ4n) is 3.73. The number of ether oxygens (including phenoxy) is 4. The Balaban J connectivity index is 1.59. The topological polar surface area (TPSA) is 54.0 Å². The zero-order valence-electron chi connectivity index (χ0n) is 17.9. The van der Waals surface area contributed by atoms with Crippen LogP contribution in [0.4, 0.5) is 0 Å². The van der Waals surface area contributed by atoms with E-state index in [1.54, 1.807) is 0 Å². The van der Waals surface area contributed by atoms with E-state index in [4.69, 9.17) is 18.9 Å². The Morgan fingerprint density at radius 2 is 1.63 bits per heavy atom. The van der Waals surface area contributed by atoms with E-state index < -0.39 is 0 Å². The van der Waals surface area contributed by atoms with Crippen molar-refractivity contribution in [2.24, 2.45) is 5.92 Å². The van der Waals surface area contributed by atoms with Crippen molar-refractivity contribution >= 4 is 5.97 Å². The molecule has 30 heavy (non-hydrogen) atoms. The van der Waals surface area contributed by atoms with Crippen LogP contribution in [-0.4, -0.2) is 37.5 Å². The first-order valence-electron chi connectivity index (χ1n) is 10.7. The summed E-state index contributed by atoms with van der Waals surface area (Å²) < 4.78 is 23.6. The molecular weight excluding hydrogens is 380 g/mol. The van der Waals surface area contributed by atoms with Crippen LogP contribution in [0.1, 0.15) is 37.8 Å². The molecule has 1 fully saturated rings. The second-order valence-electron chi connectivity index (χ2n) is 7.74. The molecule has 0 N–H and O–H groups in total. The highest BCUT2D eigenvalue weighted by Crippen LogP contribution is 2.30. The summed E-state index contributed by atoms with van der Waals surface area (Å²) >= 11 is 0. The summed E-state index contributed by atoms with van der Waals surface area (Å²) in [6, 6.07) is 20.2. The van der Waals surface area contributed by atoms with Crippen molar-refractivity contribution in [2.45, 2.75) is 58.2 Å². The van der Waals surface area contributed by atoms with E-state index in [9.17, 15) is 4.79 Å². The smallest absolute Gasteiger partial charge is 0.308 e. The Labute approximate surface area is 179 Å². The van der Waals surface area contributed by atoms with E-state index in [2.05, 4.69) is 19.1 Å². The SMILES string of the molecule is CCOC(=O)C[C@H]1C[C@H](OCc2ccccc2)[C@@H](C)[C@@H](COCc2ccccc2)O1. The molecule has 0 aromatic heterocycles. The molecule has 1 heterocycles. The van der Waals surface area contributed by atoms with E-state index in [1.807, 2.05) is 55.5 Å². The van der Waals surface area contributed by atoms with Crippen LogP contribution in [-0.2, 0) is 37.0 Å². The predicted molar refractivity (Wildman–Crippen MR) is 115 cm³/mol. The Hall–Kier alpha value is -2.21. The highest BCUT2D eigenvalue weighted by Gasteiger charge is 2.37. The summed E-state index contributed by atoms with van der Waals surface area (Å²) in [4.78, 5) is 12.0. The third-order valence-electron chi connectivity index (χ3n) is 5.44. The first kappa shape index (κ1) is 22.5. The molecule has 0 spiro atoms. The monoisotopic (exact) mass is 412 g/mol. The van der Waals surface area contributed by atoms with Crippen molar-refractivity contribution in [3.63, 3.8) is 0 Å². The lowest BCUT2D eigenvalue weighted by Crippen LogP contribution is -2.46. The summed E-state index contributed by atoms with van der Waals surface area (Å²) in [5, 5.41) is 0. The molecule has 162 valence electrons. The molecule has 0 amide bonds. The normalized spacial score (nSPS) is 23.8. The van der Waals surface area contributed by atoms with Gasteiger partial charge in [0.15, 0.2) is 0 Å². The van der Waals surface area contributed by atoms with Gasteiger partial charge in [-0.25, -0.2) is 0 Å². The van der Waals surface area contributed by atoms with Gasteiger partial charge < -0.3 is 18.9 Å². The van der Waals surface area contributed by atoms with Crippen LogP contribution in [0.25, 0.3) is 0 Å². The van der Waals surface area contributed by atoms with Crippen molar-refractivity contribution in [2.75, 3.05) is 13.2 Å². The molecule has 0 bridgehead atoms. The molecule has 1 aliphatic heterocycles. The summed E-state index contributed by atoms with van der Waals surface area (Å²) in [6.45, 7) is 5.85. The number of rotatable bonds is 10. The number of benzene rings is 2. The van der Waals surface area contributed by atoms with Crippen LogP contribution >= 0.6 is 0 Å². The molecular formula is C25H32O5. The highest BCUT2D eigenvalue weighted by molar-refractivity contribution is 5.69. The molecule has 2 aromatic carbocycles. The van der Waals surface area contributed by atoms with Gasteiger partial charge in [0.2, 0.25) is 0 Å². The second-order valence-corrected chi connectivity index (χ2v) is 7.74. The molecule has 5 nitrogen and oxygen atoms in total. The number of carbonyl (C=O) groups is 1. The molecule has 1 saturated heterocycles. The minimum Gasteiger partial charge on any atom is -0.466 e. The largest absolute Gasteiger partial charge is 0.466 e. The van der Waals surface area contributed by atoms with Crippen molar-refractivity contribution in [3.8, 4) is 0 Å². The maximum Gasteiger partial charge on any atom is 0.308 e. The quantitative estimate of drug-likeness (QED) is 0.537. The maximum absolute atomic E-state index is 12.0. The molecule has 3 rings (SSSR count). The number of hydrogen-bond acceptors (Lipinski definition) is 5. The van der Waals surface area contributed by atoms with E-state index in [-0.39, 0.29) is 36.6 Å². The summed E-state index contributed by atoms with van der Waals surface area (Å²) in [5.74, 6) is -0.0780. The lowest BCUT2D eigenvalue weighted by atomic mass is 9.89. The number of esters is 1. The summed E-state index contributed by atoms with van der Waals surface area (Å²) in [6.07, 6.45) is 0.529. The van der Waals surface area contributed by atoms with Gasteiger partial charge in [-0.15, -0.1) is 0 Å².